The zero-order chi connectivity index (χ0) is 11.5. The number of rotatable bonds is 1. The van der Waals surface area contributed by atoms with Crippen LogP contribution in [0.2, 0.25) is 0 Å². The number of para-hydroxylation sites is 1. The van der Waals surface area contributed by atoms with E-state index in [4.69, 9.17) is 5.73 Å². The maximum atomic E-state index is 9.61. The van der Waals surface area contributed by atoms with E-state index in [-0.39, 0.29) is 11.5 Å². The molecule has 3 nitrogen and oxygen atoms in total. The average Bonchev–Trinajstić information content (AvgIpc) is 2.28. The lowest BCUT2D eigenvalue weighted by molar-refractivity contribution is 0.380. The van der Waals surface area contributed by atoms with Gasteiger partial charge in [-0.05, 0) is 23.8 Å². The molecule has 4 N–H and O–H groups in total. The van der Waals surface area contributed by atoms with Gasteiger partial charge in [0.1, 0.15) is 11.5 Å². The lowest BCUT2D eigenvalue weighted by atomic mass is 9.98. The molecule has 0 bridgehead atoms. The van der Waals surface area contributed by atoms with Crippen LogP contribution in [0.3, 0.4) is 0 Å². The van der Waals surface area contributed by atoms with E-state index in [9.17, 15) is 10.2 Å². The Bertz CT molecular complexity index is 486. The number of phenols is 1. The Morgan fingerprint density at radius 3 is 2.69 bits per heavy atom. The van der Waals surface area contributed by atoms with Gasteiger partial charge in [0.05, 0.1) is 6.04 Å². The Labute approximate surface area is 93.8 Å². The molecule has 0 radical (unpaired) electrons. The summed E-state index contributed by atoms with van der Waals surface area (Å²) in [6.45, 7) is 0. The van der Waals surface area contributed by atoms with Crippen LogP contribution in [0.4, 0.5) is 0 Å². The van der Waals surface area contributed by atoms with E-state index in [1.54, 1.807) is 36.4 Å². The second-order valence-corrected chi connectivity index (χ2v) is 3.63. The molecular formula is C13H13NO2. The highest BCUT2D eigenvalue weighted by Crippen LogP contribution is 2.23. The van der Waals surface area contributed by atoms with Crippen LogP contribution >= 0.6 is 0 Å². The van der Waals surface area contributed by atoms with Gasteiger partial charge in [-0.25, -0.2) is 0 Å². The lowest BCUT2D eigenvalue weighted by Crippen LogP contribution is -2.25. The van der Waals surface area contributed by atoms with Gasteiger partial charge in [-0.1, -0.05) is 30.4 Å². The fourth-order valence-corrected chi connectivity index (χ4v) is 1.56. The number of benzene rings is 1. The van der Waals surface area contributed by atoms with Crippen LogP contribution in [0.25, 0.3) is 6.08 Å². The molecule has 0 heterocycles. The van der Waals surface area contributed by atoms with Crippen molar-refractivity contribution >= 4 is 6.08 Å². The smallest absolute Gasteiger partial charge is 0.122 e. The monoisotopic (exact) mass is 215 g/mol. The molecule has 1 aliphatic carbocycles. The van der Waals surface area contributed by atoms with Crippen LogP contribution in [0.15, 0.2) is 53.8 Å². The zero-order valence-corrected chi connectivity index (χ0v) is 8.67. The van der Waals surface area contributed by atoms with Crippen LogP contribution in [0, 0.1) is 0 Å². The van der Waals surface area contributed by atoms with Gasteiger partial charge < -0.3 is 15.9 Å². The molecule has 1 aliphatic rings. The molecule has 0 fully saturated rings. The van der Waals surface area contributed by atoms with Gasteiger partial charge in [-0.3, -0.25) is 0 Å². The van der Waals surface area contributed by atoms with Crippen molar-refractivity contribution in [1.82, 2.24) is 0 Å². The van der Waals surface area contributed by atoms with Crippen molar-refractivity contribution < 1.29 is 10.2 Å². The molecule has 2 rings (SSSR count). The molecule has 16 heavy (non-hydrogen) atoms. The minimum atomic E-state index is -0.524. The third kappa shape index (κ3) is 1.99. The first-order valence-corrected chi connectivity index (χ1v) is 5.01. The maximum absolute atomic E-state index is 9.61. The van der Waals surface area contributed by atoms with Crippen molar-refractivity contribution in [3.8, 4) is 5.75 Å². The van der Waals surface area contributed by atoms with E-state index in [1.807, 2.05) is 12.1 Å². The van der Waals surface area contributed by atoms with Crippen LogP contribution < -0.4 is 5.73 Å². The lowest BCUT2D eigenvalue weighted by Gasteiger charge is -2.15. The standard InChI is InChI=1S/C13H13NO2/c14-13-10(5-3-7-12(13)16)8-9-4-1-2-6-11(9)15/h1-8,13,15-16H,14H2/b10-8+. The van der Waals surface area contributed by atoms with Crippen molar-refractivity contribution in [2.45, 2.75) is 6.04 Å². The molecule has 3 heteroatoms. The fraction of sp³-hybridized carbons (Fsp3) is 0.0769. The van der Waals surface area contributed by atoms with E-state index in [0.29, 0.717) is 5.56 Å². The molecule has 0 spiro atoms. The molecule has 1 atom stereocenters. The quantitative estimate of drug-likeness (QED) is 0.672. The second-order valence-electron chi connectivity index (χ2n) is 3.63. The largest absolute Gasteiger partial charge is 0.510 e. The zero-order valence-electron chi connectivity index (χ0n) is 8.67. The summed E-state index contributed by atoms with van der Waals surface area (Å²) < 4.78 is 0. The van der Waals surface area contributed by atoms with Gasteiger partial charge in [0.2, 0.25) is 0 Å². The third-order valence-corrected chi connectivity index (χ3v) is 2.49. The Balaban J connectivity index is 2.36. The number of aromatic hydroxyl groups is 1. The van der Waals surface area contributed by atoms with Crippen molar-refractivity contribution in [3.63, 3.8) is 0 Å². The normalized spacial score (nSPS) is 22.2. The first-order valence-electron chi connectivity index (χ1n) is 5.01. The van der Waals surface area contributed by atoms with Crippen LogP contribution in [-0.2, 0) is 0 Å². The maximum Gasteiger partial charge on any atom is 0.122 e. The molecule has 1 unspecified atom stereocenters. The Morgan fingerprint density at radius 2 is 1.94 bits per heavy atom. The van der Waals surface area contributed by atoms with E-state index in [1.165, 1.54) is 0 Å². The summed E-state index contributed by atoms with van der Waals surface area (Å²) in [4.78, 5) is 0. The van der Waals surface area contributed by atoms with Crippen LogP contribution in [-0.4, -0.2) is 16.3 Å². The highest BCUT2D eigenvalue weighted by molar-refractivity contribution is 5.64. The molecule has 0 amide bonds. The summed E-state index contributed by atoms with van der Waals surface area (Å²) >= 11 is 0. The molecule has 82 valence electrons. The van der Waals surface area contributed by atoms with Gasteiger partial charge in [0, 0.05) is 5.56 Å². The van der Waals surface area contributed by atoms with E-state index in [0.717, 1.165) is 5.57 Å². The van der Waals surface area contributed by atoms with E-state index >= 15 is 0 Å². The number of aliphatic hydroxyl groups excluding tert-OH is 1. The molecule has 1 aromatic carbocycles. The number of aliphatic hydroxyl groups is 1. The first kappa shape index (κ1) is 10.5. The van der Waals surface area contributed by atoms with Crippen molar-refractivity contribution in [2.24, 2.45) is 5.73 Å². The summed E-state index contributed by atoms with van der Waals surface area (Å²) in [7, 11) is 0. The molecule has 0 saturated heterocycles. The summed E-state index contributed by atoms with van der Waals surface area (Å²) in [5.41, 5.74) is 7.25. The highest BCUT2D eigenvalue weighted by atomic mass is 16.3. The summed E-state index contributed by atoms with van der Waals surface area (Å²) in [6, 6.07) is 6.47. The first-order chi connectivity index (χ1) is 7.68. The topological polar surface area (TPSA) is 66.5 Å². The van der Waals surface area contributed by atoms with Gasteiger partial charge in [0.15, 0.2) is 0 Å². The average molecular weight is 215 g/mol. The van der Waals surface area contributed by atoms with Gasteiger partial charge in [0.25, 0.3) is 0 Å². The minimum Gasteiger partial charge on any atom is -0.510 e. The predicted octanol–water partition coefficient (Wildman–Crippen LogP) is 2.11. The molecule has 1 aromatic rings. The molecule has 0 saturated carbocycles. The van der Waals surface area contributed by atoms with Crippen molar-refractivity contribution in [2.75, 3.05) is 0 Å². The predicted molar refractivity (Wildman–Crippen MR) is 63.9 cm³/mol. The van der Waals surface area contributed by atoms with E-state index < -0.39 is 6.04 Å². The van der Waals surface area contributed by atoms with E-state index in [2.05, 4.69) is 0 Å². The third-order valence-electron chi connectivity index (χ3n) is 2.49. The fourth-order valence-electron chi connectivity index (χ4n) is 1.56. The summed E-state index contributed by atoms with van der Waals surface area (Å²) in [5.74, 6) is 0.328. The van der Waals surface area contributed by atoms with Crippen molar-refractivity contribution in [3.05, 3.63) is 59.4 Å². The number of nitrogens with two attached hydrogens (primary N) is 1. The molecule has 0 aliphatic heterocycles. The van der Waals surface area contributed by atoms with Crippen LogP contribution in [0.1, 0.15) is 5.56 Å². The Morgan fingerprint density at radius 1 is 1.19 bits per heavy atom. The van der Waals surface area contributed by atoms with Gasteiger partial charge in [-0.2, -0.15) is 0 Å². The van der Waals surface area contributed by atoms with Gasteiger partial charge in [-0.15, -0.1) is 0 Å². The summed E-state index contributed by atoms with van der Waals surface area (Å²) in [5, 5.41) is 19.1. The number of hydrogen-bond acceptors (Lipinski definition) is 3. The Kier molecular flexibility index (Phi) is 2.79. The second kappa shape index (κ2) is 4.24. The van der Waals surface area contributed by atoms with Gasteiger partial charge >= 0.3 is 0 Å². The molecular weight excluding hydrogens is 202 g/mol. The van der Waals surface area contributed by atoms with Crippen molar-refractivity contribution in [1.29, 1.82) is 0 Å². The SMILES string of the molecule is NC1C(O)=CC=C/C1=C\c1ccccc1O. The summed E-state index contributed by atoms with van der Waals surface area (Å²) in [6.07, 6.45) is 6.87. The molecule has 0 aromatic heterocycles. The Hall–Kier alpha value is -2.00. The number of phenolic OH excluding ortho intramolecular Hbond substituents is 1. The van der Waals surface area contributed by atoms with Crippen LogP contribution in [0.5, 0.6) is 5.75 Å². The number of allylic oxidation sites excluding steroid dienone is 2. The minimum absolute atomic E-state index is 0.129. The highest BCUT2D eigenvalue weighted by Gasteiger charge is 2.14. The number of hydrogen-bond donors (Lipinski definition) is 3.